The molecule has 114 valence electrons. The second-order valence-corrected chi connectivity index (χ2v) is 5.53. The molecule has 0 spiro atoms. The van der Waals surface area contributed by atoms with E-state index in [-0.39, 0.29) is 12.2 Å². The third kappa shape index (κ3) is 4.48. The van der Waals surface area contributed by atoms with Gasteiger partial charge < -0.3 is 10.6 Å². The fraction of sp³-hybridized carbons (Fsp3) is 0.0667. The van der Waals surface area contributed by atoms with Gasteiger partial charge in [-0.2, -0.15) is 0 Å². The highest BCUT2D eigenvalue weighted by Gasteiger charge is 2.11. The first-order valence-electron chi connectivity index (χ1n) is 6.24. The van der Waals surface area contributed by atoms with Crippen molar-refractivity contribution in [1.82, 2.24) is 5.32 Å². The quantitative estimate of drug-likeness (QED) is 0.754. The second kappa shape index (κ2) is 7.30. The van der Waals surface area contributed by atoms with Gasteiger partial charge >= 0.3 is 0 Å². The number of carbonyl (C=O) groups is 2. The molecular weight excluding hydrogens is 405 g/mol. The van der Waals surface area contributed by atoms with E-state index in [1.165, 1.54) is 0 Å². The van der Waals surface area contributed by atoms with E-state index in [9.17, 15) is 18.4 Å². The topological polar surface area (TPSA) is 58.2 Å². The minimum atomic E-state index is -0.793. The molecular formula is C15H11F2IN2O2. The Morgan fingerprint density at radius 1 is 1.05 bits per heavy atom. The zero-order valence-corrected chi connectivity index (χ0v) is 13.4. The van der Waals surface area contributed by atoms with Crippen molar-refractivity contribution in [2.45, 2.75) is 0 Å². The smallest absolute Gasteiger partial charge is 0.252 e. The summed E-state index contributed by atoms with van der Waals surface area (Å²) in [5.41, 5.74) is 0.443. The van der Waals surface area contributed by atoms with E-state index in [1.54, 1.807) is 24.3 Å². The Balaban J connectivity index is 1.93. The highest BCUT2D eigenvalue weighted by Crippen LogP contribution is 2.13. The van der Waals surface area contributed by atoms with Crippen LogP contribution in [0.4, 0.5) is 14.5 Å². The van der Waals surface area contributed by atoms with Crippen molar-refractivity contribution in [1.29, 1.82) is 0 Å². The van der Waals surface area contributed by atoms with E-state index < -0.39 is 23.4 Å². The van der Waals surface area contributed by atoms with Crippen molar-refractivity contribution in [3.05, 3.63) is 63.2 Å². The number of carbonyl (C=O) groups excluding carboxylic acids is 2. The number of anilines is 1. The Bertz CT molecular complexity index is 702. The van der Waals surface area contributed by atoms with Gasteiger partial charge in [0.2, 0.25) is 5.91 Å². The van der Waals surface area contributed by atoms with Crippen molar-refractivity contribution in [3.63, 3.8) is 0 Å². The molecule has 2 rings (SSSR count). The standard InChI is InChI=1S/C15H11F2IN2O2/c16-9-5-10(17)7-11(6-9)20-14(21)8-19-15(22)12-3-1-2-4-13(12)18/h1-7H,8H2,(H,19,22)(H,20,21). The Labute approximate surface area is 139 Å². The summed E-state index contributed by atoms with van der Waals surface area (Å²) in [6.07, 6.45) is 0. The molecule has 0 heterocycles. The fourth-order valence-electron chi connectivity index (χ4n) is 1.73. The van der Waals surface area contributed by atoms with Gasteiger partial charge in [0.25, 0.3) is 5.91 Å². The molecule has 0 radical (unpaired) electrons. The molecule has 4 nitrogen and oxygen atoms in total. The minimum Gasteiger partial charge on any atom is -0.343 e. The summed E-state index contributed by atoms with van der Waals surface area (Å²) in [6.45, 7) is -0.304. The zero-order valence-electron chi connectivity index (χ0n) is 11.2. The monoisotopic (exact) mass is 416 g/mol. The third-order valence-electron chi connectivity index (χ3n) is 2.67. The molecule has 2 N–H and O–H groups in total. The molecule has 0 aliphatic carbocycles. The molecule has 0 aliphatic heterocycles. The third-order valence-corrected chi connectivity index (χ3v) is 3.61. The molecule has 0 unspecified atom stereocenters. The number of halogens is 3. The number of nitrogens with one attached hydrogen (secondary N) is 2. The lowest BCUT2D eigenvalue weighted by atomic mass is 10.2. The van der Waals surface area contributed by atoms with E-state index >= 15 is 0 Å². The average Bonchev–Trinajstić information content (AvgIpc) is 2.44. The zero-order chi connectivity index (χ0) is 16.1. The van der Waals surface area contributed by atoms with E-state index in [4.69, 9.17) is 0 Å². The molecule has 0 aromatic heterocycles. The number of rotatable bonds is 4. The largest absolute Gasteiger partial charge is 0.343 e. The van der Waals surface area contributed by atoms with Gasteiger partial charge in [-0.1, -0.05) is 12.1 Å². The maximum Gasteiger partial charge on any atom is 0.252 e. The maximum atomic E-state index is 13.0. The molecule has 0 fully saturated rings. The van der Waals surface area contributed by atoms with Crippen molar-refractivity contribution in [2.75, 3.05) is 11.9 Å². The molecule has 2 amide bonds. The van der Waals surface area contributed by atoms with Gasteiger partial charge in [-0.05, 0) is 46.9 Å². The lowest BCUT2D eigenvalue weighted by Gasteiger charge is -2.08. The van der Waals surface area contributed by atoms with Crippen LogP contribution in [0.1, 0.15) is 10.4 Å². The van der Waals surface area contributed by atoms with Gasteiger partial charge in [0, 0.05) is 15.3 Å². The fourth-order valence-corrected chi connectivity index (χ4v) is 2.36. The van der Waals surface area contributed by atoms with E-state index in [0.717, 1.165) is 15.7 Å². The average molecular weight is 416 g/mol. The van der Waals surface area contributed by atoms with Crippen LogP contribution in [-0.2, 0) is 4.79 Å². The Kier molecular flexibility index (Phi) is 5.42. The Morgan fingerprint density at radius 2 is 1.68 bits per heavy atom. The minimum absolute atomic E-state index is 0.00830. The van der Waals surface area contributed by atoms with Gasteiger partial charge in [0.1, 0.15) is 11.6 Å². The number of amides is 2. The molecule has 22 heavy (non-hydrogen) atoms. The van der Waals surface area contributed by atoms with Crippen LogP contribution in [0.25, 0.3) is 0 Å². The summed E-state index contributed by atoms with van der Waals surface area (Å²) in [7, 11) is 0. The number of hydrogen-bond acceptors (Lipinski definition) is 2. The molecule has 2 aromatic carbocycles. The second-order valence-electron chi connectivity index (χ2n) is 4.37. The molecule has 0 saturated carbocycles. The first-order valence-corrected chi connectivity index (χ1v) is 7.32. The Hall–Kier alpha value is -2.03. The molecule has 0 aliphatic rings. The van der Waals surface area contributed by atoms with Gasteiger partial charge in [-0.15, -0.1) is 0 Å². The predicted molar refractivity (Wildman–Crippen MR) is 86.5 cm³/mol. The lowest BCUT2D eigenvalue weighted by Crippen LogP contribution is -2.33. The van der Waals surface area contributed by atoms with Gasteiger partial charge in [0.15, 0.2) is 0 Å². The first-order chi connectivity index (χ1) is 10.5. The van der Waals surface area contributed by atoms with Crippen LogP contribution in [0.3, 0.4) is 0 Å². The molecule has 0 atom stereocenters. The van der Waals surface area contributed by atoms with Gasteiger partial charge in [-0.25, -0.2) is 8.78 Å². The van der Waals surface area contributed by atoms with E-state index in [0.29, 0.717) is 11.6 Å². The number of hydrogen-bond donors (Lipinski definition) is 2. The maximum absolute atomic E-state index is 13.0. The molecule has 0 bridgehead atoms. The normalized spacial score (nSPS) is 10.1. The summed E-state index contributed by atoms with van der Waals surface area (Å²) < 4.78 is 26.7. The van der Waals surface area contributed by atoms with Crippen molar-refractivity contribution >= 4 is 40.1 Å². The summed E-state index contributed by atoms with van der Waals surface area (Å²) in [6, 6.07) is 9.60. The number of benzene rings is 2. The molecule has 0 saturated heterocycles. The Morgan fingerprint density at radius 3 is 2.32 bits per heavy atom. The van der Waals surface area contributed by atoms with Crippen LogP contribution >= 0.6 is 22.6 Å². The van der Waals surface area contributed by atoms with Crippen LogP contribution in [0.15, 0.2) is 42.5 Å². The first kappa shape index (κ1) is 16.3. The highest BCUT2D eigenvalue weighted by atomic mass is 127. The highest BCUT2D eigenvalue weighted by molar-refractivity contribution is 14.1. The van der Waals surface area contributed by atoms with Crippen molar-refractivity contribution in [3.8, 4) is 0 Å². The van der Waals surface area contributed by atoms with Crippen molar-refractivity contribution in [2.24, 2.45) is 0 Å². The van der Waals surface area contributed by atoms with Gasteiger partial charge in [0.05, 0.1) is 12.1 Å². The van der Waals surface area contributed by atoms with Crippen LogP contribution in [0.5, 0.6) is 0 Å². The van der Waals surface area contributed by atoms with E-state index in [1.807, 2.05) is 22.6 Å². The lowest BCUT2D eigenvalue weighted by molar-refractivity contribution is -0.115. The van der Waals surface area contributed by atoms with Crippen LogP contribution in [-0.4, -0.2) is 18.4 Å². The molecule has 7 heteroatoms. The van der Waals surface area contributed by atoms with Crippen LogP contribution < -0.4 is 10.6 Å². The summed E-state index contributed by atoms with van der Waals surface area (Å²) in [4.78, 5) is 23.6. The van der Waals surface area contributed by atoms with Crippen LogP contribution in [0, 0.1) is 15.2 Å². The summed E-state index contributed by atoms with van der Waals surface area (Å²) in [5.74, 6) is -2.56. The van der Waals surface area contributed by atoms with Gasteiger partial charge in [-0.3, -0.25) is 9.59 Å². The van der Waals surface area contributed by atoms with Crippen LogP contribution in [0.2, 0.25) is 0 Å². The summed E-state index contributed by atoms with van der Waals surface area (Å²) in [5, 5.41) is 4.76. The van der Waals surface area contributed by atoms with Crippen molar-refractivity contribution < 1.29 is 18.4 Å². The molecule has 2 aromatic rings. The summed E-state index contributed by atoms with van der Waals surface area (Å²) >= 11 is 2.01. The predicted octanol–water partition coefficient (Wildman–Crippen LogP) is 2.94. The van der Waals surface area contributed by atoms with E-state index in [2.05, 4.69) is 10.6 Å². The SMILES string of the molecule is O=C(CNC(=O)c1ccccc1I)Nc1cc(F)cc(F)c1.